The molecule has 2 rings (SSSR count). The molecular formula is C12H13N5O3S. The summed E-state index contributed by atoms with van der Waals surface area (Å²) in [5, 5.41) is 24.7. The van der Waals surface area contributed by atoms with E-state index in [1.165, 1.54) is 6.07 Å². The molecule has 0 atom stereocenters. The summed E-state index contributed by atoms with van der Waals surface area (Å²) in [7, 11) is 1.69. The summed E-state index contributed by atoms with van der Waals surface area (Å²) in [5.41, 5.74) is 1.64. The number of nitro benzene ring substituents is 1. The van der Waals surface area contributed by atoms with Gasteiger partial charge in [0, 0.05) is 24.4 Å². The van der Waals surface area contributed by atoms with Gasteiger partial charge in [-0.05, 0) is 25.5 Å². The molecule has 0 saturated heterocycles. The van der Waals surface area contributed by atoms with E-state index in [9.17, 15) is 14.9 Å². The van der Waals surface area contributed by atoms with E-state index in [0.29, 0.717) is 21.9 Å². The fourth-order valence-corrected chi connectivity index (χ4v) is 2.32. The van der Waals surface area contributed by atoms with Crippen LogP contribution in [0, 0.1) is 24.0 Å². The van der Waals surface area contributed by atoms with Crippen molar-refractivity contribution in [2.75, 3.05) is 17.7 Å². The fourth-order valence-electron chi connectivity index (χ4n) is 1.72. The van der Waals surface area contributed by atoms with Gasteiger partial charge in [-0.2, -0.15) is 0 Å². The largest absolute Gasteiger partial charge is 0.363 e. The first kappa shape index (κ1) is 14.9. The second-order valence-electron chi connectivity index (χ2n) is 4.33. The lowest BCUT2D eigenvalue weighted by Gasteiger charge is -2.08. The molecule has 0 unspecified atom stereocenters. The number of rotatable bonds is 4. The Labute approximate surface area is 124 Å². The Balaban J connectivity index is 2.25. The third-order valence-corrected chi connectivity index (χ3v) is 3.76. The molecule has 0 saturated carbocycles. The number of hydrogen-bond donors (Lipinski definition) is 2. The van der Waals surface area contributed by atoms with E-state index in [1.54, 1.807) is 27.0 Å². The van der Waals surface area contributed by atoms with Gasteiger partial charge in [-0.15, -0.1) is 10.2 Å². The molecule has 0 radical (unpaired) electrons. The molecule has 21 heavy (non-hydrogen) atoms. The number of carbonyl (C=O) groups excluding carboxylic acids is 1. The summed E-state index contributed by atoms with van der Waals surface area (Å²) in [6.07, 6.45) is 0. The topological polar surface area (TPSA) is 110 Å². The maximum Gasteiger partial charge on any atom is 0.286 e. The van der Waals surface area contributed by atoms with Gasteiger partial charge in [0.15, 0.2) is 0 Å². The predicted molar refractivity (Wildman–Crippen MR) is 80.0 cm³/mol. The zero-order chi connectivity index (χ0) is 15.6. The molecule has 1 heterocycles. The first-order valence-corrected chi connectivity index (χ1v) is 6.82. The highest BCUT2D eigenvalue weighted by molar-refractivity contribution is 7.17. The lowest BCUT2D eigenvalue weighted by molar-refractivity contribution is -0.385. The van der Waals surface area contributed by atoms with Crippen LogP contribution >= 0.6 is 11.3 Å². The number of aryl methyl sites for hydroxylation is 2. The first-order valence-electron chi connectivity index (χ1n) is 6.00. The van der Waals surface area contributed by atoms with Crippen molar-refractivity contribution in [2.45, 2.75) is 13.8 Å². The van der Waals surface area contributed by atoms with Gasteiger partial charge in [-0.25, -0.2) is 0 Å². The van der Waals surface area contributed by atoms with Crippen LogP contribution in [0.5, 0.6) is 0 Å². The predicted octanol–water partition coefficient (Wildman–Crippen LogP) is 2.36. The van der Waals surface area contributed by atoms with Crippen molar-refractivity contribution < 1.29 is 9.72 Å². The van der Waals surface area contributed by atoms with Crippen LogP contribution in [-0.2, 0) is 0 Å². The van der Waals surface area contributed by atoms with Crippen LogP contribution in [0.4, 0.5) is 16.5 Å². The molecular weight excluding hydrogens is 294 g/mol. The van der Waals surface area contributed by atoms with Gasteiger partial charge in [0.1, 0.15) is 0 Å². The summed E-state index contributed by atoms with van der Waals surface area (Å²) in [5.74, 6) is -0.398. The van der Waals surface area contributed by atoms with Gasteiger partial charge in [-0.1, -0.05) is 11.3 Å². The van der Waals surface area contributed by atoms with Crippen LogP contribution in [0.1, 0.15) is 20.9 Å². The summed E-state index contributed by atoms with van der Waals surface area (Å²) in [6, 6.07) is 3.01. The molecule has 0 aliphatic rings. The molecule has 1 amide bonds. The van der Waals surface area contributed by atoms with Gasteiger partial charge in [0.25, 0.3) is 11.6 Å². The standard InChI is InChI=1S/C12H13N5O3S/c1-6-5-9(17(19)20)7(2)4-8(6)14-10(18)11-15-16-12(13-3)21-11/h4-5H,1-3H3,(H,13,16)(H,14,18). The van der Waals surface area contributed by atoms with Crippen LogP contribution in [-0.4, -0.2) is 28.1 Å². The number of benzene rings is 1. The zero-order valence-electron chi connectivity index (χ0n) is 11.6. The maximum absolute atomic E-state index is 12.1. The van der Waals surface area contributed by atoms with E-state index in [4.69, 9.17) is 0 Å². The molecule has 110 valence electrons. The SMILES string of the molecule is CNc1nnc(C(=O)Nc2cc(C)c([N+](=O)[O-])cc2C)s1. The van der Waals surface area contributed by atoms with E-state index >= 15 is 0 Å². The van der Waals surface area contributed by atoms with Crippen LogP contribution < -0.4 is 10.6 Å². The van der Waals surface area contributed by atoms with Crippen molar-refractivity contribution in [3.8, 4) is 0 Å². The van der Waals surface area contributed by atoms with Crippen molar-refractivity contribution >= 4 is 33.8 Å². The van der Waals surface area contributed by atoms with Crippen molar-refractivity contribution in [1.82, 2.24) is 10.2 Å². The Morgan fingerprint density at radius 2 is 2.00 bits per heavy atom. The van der Waals surface area contributed by atoms with E-state index in [-0.39, 0.29) is 10.7 Å². The molecule has 0 spiro atoms. The molecule has 0 aliphatic carbocycles. The van der Waals surface area contributed by atoms with Crippen LogP contribution in [0.2, 0.25) is 0 Å². The monoisotopic (exact) mass is 307 g/mol. The molecule has 1 aromatic heterocycles. The number of amides is 1. The van der Waals surface area contributed by atoms with E-state index in [0.717, 1.165) is 11.3 Å². The van der Waals surface area contributed by atoms with Crippen molar-refractivity contribution in [2.24, 2.45) is 0 Å². The number of carbonyl (C=O) groups is 1. The molecule has 2 N–H and O–H groups in total. The molecule has 1 aromatic carbocycles. The van der Waals surface area contributed by atoms with Gasteiger partial charge in [-0.3, -0.25) is 14.9 Å². The Hall–Kier alpha value is -2.55. The third kappa shape index (κ3) is 3.14. The highest BCUT2D eigenvalue weighted by Crippen LogP contribution is 2.26. The van der Waals surface area contributed by atoms with Crippen LogP contribution in [0.3, 0.4) is 0 Å². The summed E-state index contributed by atoms with van der Waals surface area (Å²) in [6.45, 7) is 3.32. The number of nitro groups is 1. The quantitative estimate of drug-likeness (QED) is 0.662. The Morgan fingerprint density at radius 3 is 2.57 bits per heavy atom. The van der Waals surface area contributed by atoms with Gasteiger partial charge < -0.3 is 10.6 Å². The average molecular weight is 307 g/mol. The van der Waals surface area contributed by atoms with E-state index < -0.39 is 10.8 Å². The number of nitrogens with one attached hydrogen (secondary N) is 2. The maximum atomic E-state index is 12.1. The minimum absolute atomic E-state index is 0.0267. The highest BCUT2D eigenvalue weighted by Gasteiger charge is 2.17. The number of aromatic nitrogens is 2. The lowest BCUT2D eigenvalue weighted by atomic mass is 10.1. The molecule has 2 aromatic rings. The number of hydrogen-bond acceptors (Lipinski definition) is 7. The Bertz CT molecular complexity index is 713. The molecule has 8 nitrogen and oxygen atoms in total. The van der Waals surface area contributed by atoms with Crippen molar-refractivity contribution in [1.29, 1.82) is 0 Å². The first-order chi connectivity index (χ1) is 9.92. The fraction of sp³-hybridized carbons (Fsp3) is 0.250. The summed E-state index contributed by atoms with van der Waals surface area (Å²) in [4.78, 5) is 22.5. The molecule has 9 heteroatoms. The number of nitrogens with zero attached hydrogens (tertiary/aromatic N) is 3. The van der Waals surface area contributed by atoms with Gasteiger partial charge >= 0.3 is 0 Å². The second kappa shape index (κ2) is 5.83. The zero-order valence-corrected chi connectivity index (χ0v) is 12.4. The Morgan fingerprint density at radius 1 is 1.29 bits per heavy atom. The Kier molecular flexibility index (Phi) is 4.13. The molecule has 0 aliphatic heterocycles. The van der Waals surface area contributed by atoms with E-state index in [2.05, 4.69) is 20.8 Å². The van der Waals surface area contributed by atoms with Crippen LogP contribution in [0.25, 0.3) is 0 Å². The highest BCUT2D eigenvalue weighted by atomic mass is 32.1. The third-order valence-electron chi connectivity index (χ3n) is 2.82. The summed E-state index contributed by atoms with van der Waals surface area (Å²) >= 11 is 1.12. The molecule has 0 fully saturated rings. The molecule has 0 bridgehead atoms. The minimum atomic E-state index is -0.447. The minimum Gasteiger partial charge on any atom is -0.363 e. The second-order valence-corrected chi connectivity index (χ2v) is 5.30. The van der Waals surface area contributed by atoms with Gasteiger partial charge in [0.05, 0.1) is 4.92 Å². The van der Waals surface area contributed by atoms with Crippen molar-refractivity contribution in [3.63, 3.8) is 0 Å². The smallest absolute Gasteiger partial charge is 0.286 e. The average Bonchev–Trinajstić information content (AvgIpc) is 2.91. The van der Waals surface area contributed by atoms with E-state index in [1.807, 2.05) is 0 Å². The number of anilines is 2. The summed E-state index contributed by atoms with van der Waals surface area (Å²) < 4.78 is 0. The van der Waals surface area contributed by atoms with Gasteiger partial charge in [0.2, 0.25) is 10.1 Å². The van der Waals surface area contributed by atoms with Crippen LogP contribution in [0.15, 0.2) is 12.1 Å². The van der Waals surface area contributed by atoms with Crippen molar-refractivity contribution in [3.05, 3.63) is 38.4 Å². The lowest BCUT2D eigenvalue weighted by Crippen LogP contribution is -2.13. The normalized spacial score (nSPS) is 10.2.